The molecule has 1 unspecified atom stereocenters. The van der Waals surface area contributed by atoms with Crippen LogP contribution in [0.1, 0.15) is 84.0 Å². The number of aromatic nitrogens is 1. The van der Waals surface area contributed by atoms with Crippen molar-refractivity contribution in [1.29, 1.82) is 0 Å². The zero-order valence-electron chi connectivity index (χ0n) is 28.2. The van der Waals surface area contributed by atoms with Crippen molar-refractivity contribution in [1.82, 2.24) is 31.0 Å². The van der Waals surface area contributed by atoms with E-state index in [9.17, 15) is 19.2 Å². The van der Waals surface area contributed by atoms with Gasteiger partial charge in [-0.3, -0.25) is 29.2 Å². The van der Waals surface area contributed by atoms with E-state index in [0.29, 0.717) is 32.2 Å². The number of hydrogen-bond acceptors (Lipinski definition) is 8. The summed E-state index contributed by atoms with van der Waals surface area (Å²) in [4.78, 5) is 60.4. The zero-order valence-corrected chi connectivity index (χ0v) is 28.2. The van der Waals surface area contributed by atoms with Gasteiger partial charge in [0, 0.05) is 24.2 Å². The van der Waals surface area contributed by atoms with Crippen molar-refractivity contribution in [2.24, 2.45) is 11.8 Å². The van der Waals surface area contributed by atoms with Gasteiger partial charge in [0.15, 0.2) is 6.10 Å². The largest absolute Gasteiger partial charge is 0.452 e. The Morgan fingerprint density at radius 2 is 1.74 bits per heavy atom. The van der Waals surface area contributed by atoms with Crippen LogP contribution in [-0.4, -0.2) is 83.5 Å². The maximum absolute atomic E-state index is 13.6. The third-order valence-electron chi connectivity index (χ3n) is 9.09. The maximum Gasteiger partial charge on any atom is 0.310 e. The number of carbonyl (C=O) groups excluding carboxylic acids is 4. The van der Waals surface area contributed by atoms with Crippen LogP contribution in [-0.2, 0) is 23.9 Å². The lowest BCUT2D eigenvalue weighted by atomic mass is 9.96. The van der Waals surface area contributed by atoms with Crippen LogP contribution in [0.4, 0.5) is 0 Å². The first-order valence-corrected chi connectivity index (χ1v) is 16.5. The first kappa shape index (κ1) is 35.0. The predicted octanol–water partition coefficient (Wildman–Crippen LogP) is 3.74. The summed E-state index contributed by atoms with van der Waals surface area (Å²) < 4.78 is 5.89. The van der Waals surface area contributed by atoms with Crippen molar-refractivity contribution in [2.75, 3.05) is 20.6 Å². The highest BCUT2D eigenvalue weighted by Gasteiger charge is 2.35. The molecule has 2 aliphatic rings. The fourth-order valence-electron chi connectivity index (χ4n) is 5.76. The van der Waals surface area contributed by atoms with Gasteiger partial charge in [0.05, 0.1) is 17.7 Å². The Kier molecular flexibility index (Phi) is 11.9. The third kappa shape index (κ3) is 8.91. The second kappa shape index (κ2) is 15.6. The van der Waals surface area contributed by atoms with Crippen LogP contribution in [0.2, 0.25) is 0 Å². The number of allylic oxidation sites excluding steroid dienone is 1. The number of ether oxygens (including phenoxy) is 1. The van der Waals surface area contributed by atoms with Crippen molar-refractivity contribution in [3.8, 4) is 0 Å². The highest BCUT2D eigenvalue weighted by molar-refractivity contribution is 5.91. The average Bonchev–Trinajstić information content (AvgIpc) is 3.03. The number of pyridine rings is 1. The van der Waals surface area contributed by atoms with Gasteiger partial charge in [0.1, 0.15) is 12.1 Å². The van der Waals surface area contributed by atoms with E-state index in [0.717, 1.165) is 28.5 Å². The van der Waals surface area contributed by atoms with E-state index in [4.69, 9.17) is 4.74 Å². The molecule has 11 nitrogen and oxygen atoms in total. The van der Waals surface area contributed by atoms with Gasteiger partial charge in [-0.1, -0.05) is 32.1 Å². The van der Waals surface area contributed by atoms with E-state index in [1.165, 1.54) is 5.01 Å². The number of nitrogens with one attached hydrogen (secondary N) is 3. The molecular weight excluding hydrogens is 584 g/mol. The molecule has 1 fully saturated rings. The number of esters is 1. The normalized spacial score (nSPS) is 26.8. The zero-order chi connectivity index (χ0) is 33.5. The van der Waals surface area contributed by atoms with E-state index in [-0.39, 0.29) is 29.8 Å². The summed E-state index contributed by atoms with van der Waals surface area (Å²) in [6, 6.07) is 6.51. The van der Waals surface area contributed by atoms with Crippen LogP contribution in [0.25, 0.3) is 16.8 Å². The van der Waals surface area contributed by atoms with Gasteiger partial charge in [-0.2, -0.15) is 0 Å². The quantitative estimate of drug-likeness (QED) is 0.424. The van der Waals surface area contributed by atoms with Gasteiger partial charge >= 0.3 is 5.97 Å². The van der Waals surface area contributed by atoms with Gasteiger partial charge in [-0.15, -0.1) is 0 Å². The topological polar surface area (TPSA) is 133 Å². The lowest BCUT2D eigenvalue weighted by molar-refractivity contribution is -0.163. The Morgan fingerprint density at radius 1 is 1.00 bits per heavy atom. The summed E-state index contributed by atoms with van der Waals surface area (Å²) >= 11 is 0. The molecule has 4 rings (SSSR count). The van der Waals surface area contributed by atoms with Crippen molar-refractivity contribution >= 4 is 40.5 Å². The number of carbonyl (C=O) groups is 4. The molecule has 11 heteroatoms. The minimum Gasteiger partial charge on any atom is -0.452 e. The Hall–Kier alpha value is -3.83. The molecule has 0 aliphatic carbocycles. The summed E-state index contributed by atoms with van der Waals surface area (Å²) in [5.74, 6) is -2.32. The molecule has 3 amide bonds. The van der Waals surface area contributed by atoms with Crippen molar-refractivity contribution < 1.29 is 23.9 Å². The summed E-state index contributed by atoms with van der Waals surface area (Å²) in [6.07, 6.45) is 7.57. The van der Waals surface area contributed by atoms with Crippen molar-refractivity contribution in [2.45, 2.75) is 97.0 Å². The molecule has 2 aromatic rings. The van der Waals surface area contributed by atoms with Crippen LogP contribution in [0.5, 0.6) is 0 Å². The highest BCUT2D eigenvalue weighted by atomic mass is 16.5. The molecule has 250 valence electrons. The van der Waals surface area contributed by atoms with Crippen LogP contribution in [0.15, 0.2) is 36.5 Å². The molecule has 5 bridgehead atoms. The van der Waals surface area contributed by atoms with Crippen LogP contribution < -0.4 is 16.1 Å². The number of hydrazine groups is 1. The van der Waals surface area contributed by atoms with E-state index in [1.807, 2.05) is 71.4 Å². The fraction of sp³-hybridized carbons (Fsp3) is 0.571. The Balaban J connectivity index is 1.67. The lowest BCUT2D eigenvalue weighted by Gasteiger charge is -2.35. The van der Waals surface area contributed by atoms with Gasteiger partial charge in [-0.25, -0.2) is 5.43 Å². The van der Waals surface area contributed by atoms with Gasteiger partial charge in [-0.05, 0) is 102 Å². The van der Waals surface area contributed by atoms with Crippen molar-refractivity contribution in [3.05, 3.63) is 47.8 Å². The third-order valence-corrected chi connectivity index (χ3v) is 9.09. The molecule has 1 aromatic heterocycles. The summed E-state index contributed by atoms with van der Waals surface area (Å²) in [5, 5.41) is 9.21. The molecule has 6 atom stereocenters. The molecular formula is C35H50N6O5. The van der Waals surface area contributed by atoms with Gasteiger partial charge < -0.3 is 20.3 Å². The van der Waals surface area contributed by atoms with E-state index in [2.05, 4.69) is 38.9 Å². The monoisotopic (exact) mass is 634 g/mol. The SMILES string of the molecule is CC(C)[C@@H]1OC(=O)[C@H](CCC(C)N(C)C)C/C=C/c2cc3cc(ccc3cn2)[C@@H](C)NC(=O)[C@@H]2CCCN(N2)C(=O)[C@H](C)NC1=O. The lowest BCUT2D eigenvalue weighted by Crippen LogP contribution is -2.61. The molecule has 3 heterocycles. The minimum absolute atomic E-state index is 0.205. The second-order valence-corrected chi connectivity index (χ2v) is 13.3. The first-order valence-electron chi connectivity index (χ1n) is 16.5. The maximum atomic E-state index is 13.6. The van der Waals surface area contributed by atoms with Crippen LogP contribution in [0.3, 0.4) is 0 Å². The molecule has 0 saturated carbocycles. The second-order valence-electron chi connectivity index (χ2n) is 13.3. The molecule has 46 heavy (non-hydrogen) atoms. The molecule has 3 N–H and O–H groups in total. The molecule has 1 aromatic carbocycles. The smallest absolute Gasteiger partial charge is 0.310 e. The van der Waals surface area contributed by atoms with E-state index in [1.54, 1.807) is 6.92 Å². The number of nitrogens with zero attached hydrogens (tertiary/aromatic N) is 3. The van der Waals surface area contributed by atoms with Crippen molar-refractivity contribution in [3.63, 3.8) is 0 Å². The number of cyclic esters (lactones) is 1. The van der Waals surface area contributed by atoms with Crippen LogP contribution in [0, 0.1) is 11.8 Å². The fourth-order valence-corrected chi connectivity index (χ4v) is 5.76. The Labute approximate surface area is 272 Å². The van der Waals surface area contributed by atoms with E-state index < -0.39 is 36.0 Å². The van der Waals surface area contributed by atoms with Crippen LogP contribution >= 0.6 is 0 Å². The highest BCUT2D eigenvalue weighted by Crippen LogP contribution is 2.24. The molecule has 2 aliphatic heterocycles. The van der Waals surface area contributed by atoms with E-state index >= 15 is 0 Å². The molecule has 0 spiro atoms. The summed E-state index contributed by atoms with van der Waals surface area (Å²) in [5.41, 5.74) is 4.76. The number of benzene rings is 1. The predicted molar refractivity (Wildman–Crippen MR) is 178 cm³/mol. The minimum atomic E-state index is -1.07. The number of amides is 3. The summed E-state index contributed by atoms with van der Waals surface area (Å²) in [6.45, 7) is 9.67. The van der Waals surface area contributed by atoms with Gasteiger partial charge in [0.2, 0.25) is 5.91 Å². The van der Waals surface area contributed by atoms with Gasteiger partial charge in [0.25, 0.3) is 11.8 Å². The summed E-state index contributed by atoms with van der Waals surface area (Å²) in [7, 11) is 4.01. The first-order chi connectivity index (χ1) is 21.8. The molecule has 1 saturated heterocycles. The number of fused-ring (bicyclic) bond motifs is 4. The average molecular weight is 635 g/mol. The standard InChI is InChI=1S/C35H50N6O5/c1-21(2)31-33(43)38-24(5)34(44)41-17-9-12-30(39-41)32(42)37-23(4)26-15-16-27-20-36-29(19-28(27)18-26)11-8-10-25(35(45)46-31)14-13-22(3)40(6)7/h8,11,15-16,18-25,30-31,39H,9-10,12-14,17H2,1-7H3,(H,37,42)(H,38,43)/b11-8+/t22?,23-,24+,25+,30+,31+/m1/s1. The number of rotatable bonds is 5. The Morgan fingerprint density at radius 3 is 2.46 bits per heavy atom. The Bertz CT molecular complexity index is 1440. The molecule has 0 radical (unpaired) electrons. The number of hydrogen-bond donors (Lipinski definition) is 3.